The highest BCUT2D eigenvalue weighted by Gasteiger charge is 2.36. The molecular formula is C25H22ClFN2O2. The number of ether oxygens (including phenoxy) is 1. The first-order valence-corrected chi connectivity index (χ1v) is 10.8. The van der Waals surface area contributed by atoms with E-state index in [0.29, 0.717) is 35.1 Å². The Labute approximate surface area is 185 Å². The molecule has 2 aromatic carbocycles. The molecule has 1 aromatic heterocycles. The zero-order chi connectivity index (χ0) is 21.8. The van der Waals surface area contributed by atoms with Gasteiger partial charge in [-0.1, -0.05) is 29.5 Å². The average Bonchev–Trinajstić information content (AvgIpc) is 3.34. The fourth-order valence-electron chi connectivity index (χ4n) is 4.33. The molecule has 0 bridgehead atoms. The van der Waals surface area contributed by atoms with Gasteiger partial charge in [-0.2, -0.15) is 0 Å². The molecule has 1 saturated carbocycles. The third kappa shape index (κ3) is 3.50. The molecule has 2 heterocycles. The summed E-state index contributed by atoms with van der Waals surface area (Å²) in [5.74, 6) is 6.71. The van der Waals surface area contributed by atoms with E-state index in [-0.39, 0.29) is 5.56 Å². The number of imidazole rings is 1. The van der Waals surface area contributed by atoms with Crippen molar-refractivity contribution in [2.45, 2.75) is 50.7 Å². The SMILES string of the molecule is CC1(C)Oc2cc(C#CC3(O)CCCC3)ccc2-c2nc(-c3c(F)cccc3Cl)[nH]c21. The highest BCUT2D eigenvalue weighted by molar-refractivity contribution is 6.33. The minimum Gasteiger partial charge on any atom is -0.481 e. The van der Waals surface area contributed by atoms with E-state index in [0.717, 1.165) is 29.7 Å². The van der Waals surface area contributed by atoms with Gasteiger partial charge in [0.25, 0.3) is 0 Å². The van der Waals surface area contributed by atoms with Crippen LogP contribution in [0.5, 0.6) is 5.75 Å². The molecule has 3 aromatic rings. The van der Waals surface area contributed by atoms with Crippen molar-refractivity contribution in [3.05, 3.63) is 58.5 Å². The molecule has 0 radical (unpaired) electrons. The van der Waals surface area contributed by atoms with Crippen LogP contribution in [-0.4, -0.2) is 20.7 Å². The number of aliphatic hydroxyl groups is 1. The van der Waals surface area contributed by atoms with Gasteiger partial charge in [0.15, 0.2) is 0 Å². The van der Waals surface area contributed by atoms with Crippen molar-refractivity contribution in [2.75, 3.05) is 0 Å². The van der Waals surface area contributed by atoms with Crippen LogP contribution in [0.15, 0.2) is 36.4 Å². The topological polar surface area (TPSA) is 58.1 Å². The number of benzene rings is 2. The first kappa shape index (κ1) is 20.1. The van der Waals surface area contributed by atoms with Gasteiger partial charge >= 0.3 is 0 Å². The maximum atomic E-state index is 14.5. The molecule has 1 aliphatic carbocycles. The normalized spacial score (nSPS) is 17.8. The molecule has 0 unspecified atom stereocenters. The molecule has 0 spiro atoms. The van der Waals surface area contributed by atoms with E-state index in [4.69, 9.17) is 21.3 Å². The maximum Gasteiger partial charge on any atom is 0.145 e. The molecule has 4 nitrogen and oxygen atoms in total. The minimum atomic E-state index is -0.890. The molecule has 0 saturated heterocycles. The quantitative estimate of drug-likeness (QED) is 0.472. The highest BCUT2D eigenvalue weighted by Crippen LogP contribution is 2.45. The van der Waals surface area contributed by atoms with Crippen molar-refractivity contribution < 1.29 is 14.2 Å². The van der Waals surface area contributed by atoms with Gasteiger partial charge in [-0.05, 0) is 69.9 Å². The summed E-state index contributed by atoms with van der Waals surface area (Å²) in [6.45, 7) is 3.86. The Morgan fingerprint density at radius 3 is 2.71 bits per heavy atom. The van der Waals surface area contributed by atoms with E-state index in [1.807, 2.05) is 32.0 Å². The Morgan fingerprint density at radius 2 is 1.97 bits per heavy atom. The number of hydrogen-bond acceptors (Lipinski definition) is 3. The third-order valence-electron chi connectivity index (χ3n) is 5.98. The Balaban J connectivity index is 1.58. The first-order valence-electron chi connectivity index (χ1n) is 10.4. The van der Waals surface area contributed by atoms with E-state index in [9.17, 15) is 9.50 Å². The third-order valence-corrected chi connectivity index (χ3v) is 6.29. The number of halogens is 2. The number of H-pyrrole nitrogens is 1. The molecule has 0 atom stereocenters. The molecule has 31 heavy (non-hydrogen) atoms. The van der Waals surface area contributed by atoms with E-state index < -0.39 is 17.0 Å². The summed E-state index contributed by atoms with van der Waals surface area (Å²) in [6, 6.07) is 10.2. The van der Waals surface area contributed by atoms with E-state index in [1.165, 1.54) is 6.07 Å². The van der Waals surface area contributed by atoms with Gasteiger partial charge in [0, 0.05) is 11.1 Å². The molecule has 5 rings (SSSR count). The Kier molecular flexibility index (Phi) is 4.62. The summed E-state index contributed by atoms with van der Waals surface area (Å²) >= 11 is 6.25. The van der Waals surface area contributed by atoms with Gasteiger partial charge in [-0.3, -0.25) is 0 Å². The zero-order valence-electron chi connectivity index (χ0n) is 17.4. The molecule has 0 amide bonds. The molecule has 6 heteroatoms. The van der Waals surface area contributed by atoms with Gasteiger partial charge in [-0.15, -0.1) is 0 Å². The largest absolute Gasteiger partial charge is 0.481 e. The second-order valence-electron chi connectivity index (χ2n) is 8.72. The number of nitrogens with one attached hydrogen (secondary N) is 1. The van der Waals surface area contributed by atoms with Crippen LogP contribution in [0.25, 0.3) is 22.6 Å². The Hall–Kier alpha value is -2.81. The Morgan fingerprint density at radius 1 is 1.19 bits per heavy atom. The van der Waals surface area contributed by atoms with E-state index >= 15 is 0 Å². The summed E-state index contributed by atoms with van der Waals surface area (Å²) < 4.78 is 20.7. The van der Waals surface area contributed by atoms with E-state index in [2.05, 4.69) is 16.8 Å². The number of aromatic nitrogens is 2. The summed E-state index contributed by atoms with van der Waals surface area (Å²) in [5, 5.41) is 10.8. The lowest BCUT2D eigenvalue weighted by molar-refractivity contribution is 0.101. The van der Waals surface area contributed by atoms with Crippen LogP contribution in [0, 0.1) is 17.7 Å². The second kappa shape index (κ2) is 7.12. The number of aromatic amines is 1. The van der Waals surface area contributed by atoms with Crippen LogP contribution in [0.2, 0.25) is 5.02 Å². The summed E-state index contributed by atoms with van der Waals surface area (Å²) in [6.07, 6.45) is 3.44. The maximum absolute atomic E-state index is 14.5. The van der Waals surface area contributed by atoms with Crippen LogP contribution >= 0.6 is 11.6 Å². The van der Waals surface area contributed by atoms with Crippen LogP contribution in [-0.2, 0) is 5.60 Å². The lowest BCUT2D eigenvalue weighted by Crippen LogP contribution is -2.29. The summed E-state index contributed by atoms with van der Waals surface area (Å²) in [5.41, 5.74) is 1.67. The van der Waals surface area contributed by atoms with Gasteiger partial charge < -0.3 is 14.8 Å². The molecule has 2 N–H and O–H groups in total. The van der Waals surface area contributed by atoms with Crippen molar-refractivity contribution in [1.29, 1.82) is 0 Å². The molecule has 1 fully saturated rings. The number of hydrogen-bond donors (Lipinski definition) is 2. The lowest BCUT2D eigenvalue weighted by atomic mass is 9.94. The fraction of sp³-hybridized carbons (Fsp3) is 0.320. The fourth-order valence-corrected chi connectivity index (χ4v) is 4.58. The van der Waals surface area contributed by atoms with Gasteiger partial charge in [0.1, 0.15) is 28.6 Å². The first-order chi connectivity index (χ1) is 14.8. The van der Waals surface area contributed by atoms with Gasteiger partial charge in [0.05, 0.1) is 22.0 Å². The number of fused-ring (bicyclic) bond motifs is 3. The van der Waals surface area contributed by atoms with Crippen LogP contribution < -0.4 is 4.74 Å². The van der Waals surface area contributed by atoms with Crippen molar-refractivity contribution in [3.8, 4) is 40.2 Å². The molecular weight excluding hydrogens is 415 g/mol. The van der Waals surface area contributed by atoms with Gasteiger partial charge in [-0.25, -0.2) is 9.37 Å². The molecule has 2 aliphatic rings. The molecule has 1 aliphatic heterocycles. The average molecular weight is 437 g/mol. The number of rotatable bonds is 1. The van der Waals surface area contributed by atoms with Crippen molar-refractivity contribution >= 4 is 11.6 Å². The predicted molar refractivity (Wildman–Crippen MR) is 118 cm³/mol. The monoisotopic (exact) mass is 436 g/mol. The standard InChI is InChI=1S/C25H22ClFN2O2/c1-24(2)22-21(28-23(29-22)20-17(26)6-5-7-18(20)27)16-9-8-15(14-19(16)31-24)10-13-25(30)11-3-4-12-25/h5-9,14,30H,3-4,11-12H2,1-2H3,(H,28,29). The predicted octanol–water partition coefficient (Wildman–Crippen LogP) is 5.82. The van der Waals surface area contributed by atoms with Crippen molar-refractivity contribution in [2.24, 2.45) is 0 Å². The summed E-state index contributed by atoms with van der Waals surface area (Å²) in [7, 11) is 0. The minimum absolute atomic E-state index is 0.239. The Bertz CT molecular complexity index is 1230. The van der Waals surface area contributed by atoms with Gasteiger partial charge in [0.2, 0.25) is 0 Å². The van der Waals surface area contributed by atoms with E-state index in [1.54, 1.807) is 12.1 Å². The summed E-state index contributed by atoms with van der Waals surface area (Å²) in [4.78, 5) is 7.92. The number of nitrogens with zero attached hydrogens (tertiary/aromatic N) is 1. The lowest BCUT2D eigenvalue weighted by Gasteiger charge is -2.31. The van der Waals surface area contributed by atoms with Crippen LogP contribution in [0.3, 0.4) is 0 Å². The van der Waals surface area contributed by atoms with Crippen molar-refractivity contribution in [1.82, 2.24) is 9.97 Å². The second-order valence-corrected chi connectivity index (χ2v) is 9.12. The van der Waals surface area contributed by atoms with Crippen molar-refractivity contribution in [3.63, 3.8) is 0 Å². The highest BCUT2D eigenvalue weighted by atomic mass is 35.5. The van der Waals surface area contributed by atoms with Crippen LogP contribution in [0.4, 0.5) is 4.39 Å². The molecule has 158 valence electrons. The van der Waals surface area contributed by atoms with Crippen LogP contribution in [0.1, 0.15) is 50.8 Å². The smallest absolute Gasteiger partial charge is 0.145 e. The zero-order valence-corrected chi connectivity index (χ0v) is 18.1.